The quantitative estimate of drug-likeness (QED) is 0.924. The zero-order chi connectivity index (χ0) is 13.9. The summed E-state index contributed by atoms with van der Waals surface area (Å²) in [4.78, 5) is 0. The molecule has 2 N–H and O–H groups in total. The van der Waals surface area contributed by atoms with Gasteiger partial charge in [-0.2, -0.15) is 0 Å². The lowest BCUT2D eigenvalue weighted by molar-refractivity contribution is 0.104. The van der Waals surface area contributed by atoms with E-state index in [1.807, 2.05) is 4.68 Å². The molecule has 3 rings (SSSR count). The number of hydrogen-bond donors (Lipinski definition) is 1. The summed E-state index contributed by atoms with van der Waals surface area (Å²) in [6, 6.07) is 6.39. The zero-order valence-electron chi connectivity index (χ0n) is 11.1. The van der Waals surface area contributed by atoms with E-state index in [9.17, 15) is 4.39 Å². The van der Waals surface area contributed by atoms with E-state index in [2.05, 4.69) is 10.3 Å². The molecule has 106 valence electrons. The molecule has 0 saturated carbocycles. The summed E-state index contributed by atoms with van der Waals surface area (Å²) in [6.07, 6.45) is 2.02. The minimum Gasteiger partial charge on any atom is -0.372 e. The standard InChI is InChI=1S/C14H17FN4O/c15-11-5-3-10(4-6-11)9-19-14(12(8-16)17-18-19)13-2-1-7-20-13/h3-6,13H,1-2,7-9,16H2. The molecule has 1 aliphatic rings. The molecule has 2 heterocycles. The van der Waals surface area contributed by atoms with Crippen molar-refractivity contribution in [2.75, 3.05) is 6.61 Å². The Labute approximate surface area is 116 Å². The lowest BCUT2D eigenvalue weighted by atomic mass is 10.1. The highest BCUT2D eigenvalue weighted by Crippen LogP contribution is 2.30. The Morgan fingerprint density at radius 3 is 2.80 bits per heavy atom. The average molecular weight is 276 g/mol. The first-order valence-electron chi connectivity index (χ1n) is 6.76. The normalized spacial score (nSPS) is 18.6. The highest BCUT2D eigenvalue weighted by atomic mass is 19.1. The van der Waals surface area contributed by atoms with Crippen molar-refractivity contribution in [1.29, 1.82) is 0 Å². The van der Waals surface area contributed by atoms with E-state index in [4.69, 9.17) is 10.5 Å². The lowest BCUT2D eigenvalue weighted by Crippen LogP contribution is -2.13. The summed E-state index contributed by atoms with van der Waals surface area (Å²) in [5.41, 5.74) is 8.43. The van der Waals surface area contributed by atoms with Crippen LogP contribution in [-0.4, -0.2) is 21.6 Å². The van der Waals surface area contributed by atoms with Crippen LogP contribution in [0.15, 0.2) is 24.3 Å². The molecule has 1 aromatic heterocycles. The topological polar surface area (TPSA) is 66.0 Å². The van der Waals surface area contributed by atoms with Crippen molar-refractivity contribution in [2.24, 2.45) is 5.73 Å². The number of hydrogen-bond acceptors (Lipinski definition) is 4. The molecule has 1 aliphatic heterocycles. The first-order valence-corrected chi connectivity index (χ1v) is 6.76. The van der Waals surface area contributed by atoms with E-state index in [-0.39, 0.29) is 11.9 Å². The van der Waals surface area contributed by atoms with Gasteiger partial charge in [0.1, 0.15) is 17.6 Å². The average Bonchev–Trinajstić information content (AvgIpc) is 3.10. The van der Waals surface area contributed by atoms with Crippen LogP contribution in [0.4, 0.5) is 4.39 Å². The Kier molecular flexibility index (Phi) is 3.75. The van der Waals surface area contributed by atoms with Gasteiger partial charge >= 0.3 is 0 Å². The first kappa shape index (κ1) is 13.2. The third-order valence-corrected chi connectivity index (χ3v) is 3.52. The number of nitrogens with zero attached hydrogens (tertiary/aromatic N) is 3. The fraction of sp³-hybridized carbons (Fsp3) is 0.429. The monoisotopic (exact) mass is 276 g/mol. The van der Waals surface area contributed by atoms with E-state index in [0.29, 0.717) is 13.1 Å². The van der Waals surface area contributed by atoms with Gasteiger partial charge in [-0.3, -0.25) is 0 Å². The number of nitrogens with two attached hydrogens (primary N) is 1. The molecular formula is C14H17FN4O. The van der Waals surface area contributed by atoms with Crippen molar-refractivity contribution >= 4 is 0 Å². The molecule has 1 atom stereocenters. The van der Waals surface area contributed by atoms with E-state index in [0.717, 1.165) is 36.4 Å². The van der Waals surface area contributed by atoms with Gasteiger partial charge in [-0.25, -0.2) is 9.07 Å². The molecule has 5 nitrogen and oxygen atoms in total. The molecule has 0 aliphatic carbocycles. The molecule has 2 aromatic rings. The molecule has 6 heteroatoms. The first-order chi connectivity index (χ1) is 9.78. The molecule has 0 amide bonds. The van der Waals surface area contributed by atoms with E-state index >= 15 is 0 Å². The van der Waals surface area contributed by atoms with Gasteiger partial charge in [-0.05, 0) is 30.5 Å². The van der Waals surface area contributed by atoms with Gasteiger partial charge in [0.15, 0.2) is 0 Å². The second kappa shape index (κ2) is 5.68. The van der Waals surface area contributed by atoms with Crippen LogP contribution in [0.5, 0.6) is 0 Å². The number of halogens is 1. The van der Waals surface area contributed by atoms with Crippen LogP contribution in [0.3, 0.4) is 0 Å². The maximum atomic E-state index is 12.9. The minimum absolute atomic E-state index is 0.0176. The molecular weight excluding hydrogens is 259 g/mol. The Hall–Kier alpha value is -1.79. The van der Waals surface area contributed by atoms with E-state index in [1.54, 1.807) is 12.1 Å². The molecule has 1 aromatic carbocycles. The van der Waals surface area contributed by atoms with Crippen LogP contribution in [0.1, 0.15) is 35.9 Å². The van der Waals surface area contributed by atoms with Crippen molar-refractivity contribution in [1.82, 2.24) is 15.0 Å². The van der Waals surface area contributed by atoms with Gasteiger partial charge in [-0.15, -0.1) is 5.10 Å². The Bertz CT molecular complexity index is 575. The highest BCUT2D eigenvalue weighted by Gasteiger charge is 2.25. The Balaban J connectivity index is 1.88. The Morgan fingerprint density at radius 1 is 1.35 bits per heavy atom. The maximum absolute atomic E-state index is 12.9. The second-order valence-corrected chi connectivity index (χ2v) is 4.91. The van der Waals surface area contributed by atoms with Gasteiger partial charge in [-0.1, -0.05) is 17.3 Å². The number of ether oxygens (including phenoxy) is 1. The summed E-state index contributed by atoms with van der Waals surface area (Å²) in [5, 5.41) is 8.29. The predicted octanol–water partition coefficient (Wildman–Crippen LogP) is 1.78. The molecule has 0 radical (unpaired) electrons. The van der Waals surface area contributed by atoms with E-state index in [1.165, 1.54) is 12.1 Å². The summed E-state index contributed by atoms with van der Waals surface area (Å²) in [6.45, 7) is 1.65. The molecule has 1 saturated heterocycles. The minimum atomic E-state index is -0.241. The molecule has 20 heavy (non-hydrogen) atoms. The smallest absolute Gasteiger partial charge is 0.123 e. The predicted molar refractivity (Wildman–Crippen MR) is 71.3 cm³/mol. The van der Waals surface area contributed by atoms with Gasteiger partial charge < -0.3 is 10.5 Å². The second-order valence-electron chi connectivity index (χ2n) is 4.91. The Morgan fingerprint density at radius 2 is 2.15 bits per heavy atom. The zero-order valence-corrected chi connectivity index (χ0v) is 11.1. The molecule has 0 bridgehead atoms. The SMILES string of the molecule is NCc1nnn(Cc2ccc(F)cc2)c1C1CCCO1. The van der Waals surface area contributed by atoms with Crippen molar-refractivity contribution in [3.63, 3.8) is 0 Å². The molecule has 1 unspecified atom stereocenters. The maximum Gasteiger partial charge on any atom is 0.123 e. The fourth-order valence-electron chi connectivity index (χ4n) is 2.53. The van der Waals surface area contributed by atoms with E-state index < -0.39 is 0 Å². The largest absolute Gasteiger partial charge is 0.372 e. The highest BCUT2D eigenvalue weighted by molar-refractivity contribution is 5.19. The molecule has 1 fully saturated rings. The third kappa shape index (κ3) is 2.57. The van der Waals surface area contributed by atoms with Crippen LogP contribution in [0, 0.1) is 5.82 Å². The van der Waals surface area contributed by atoms with Crippen LogP contribution in [0.2, 0.25) is 0 Å². The van der Waals surface area contributed by atoms with Crippen LogP contribution in [-0.2, 0) is 17.8 Å². The van der Waals surface area contributed by atoms with Crippen LogP contribution in [0.25, 0.3) is 0 Å². The summed E-state index contributed by atoms with van der Waals surface area (Å²) in [7, 11) is 0. The van der Waals surface area contributed by atoms with Crippen molar-refractivity contribution in [2.45, 2.75) is 32.0 Å². The lowest BCUT2D eigenvalue weighted by Gasteiger charge is -2.13. The van der Waals surface area contributed by atoms with Gasteiger partial charge in [0.2, 0.25) is 0 Å². The van der Waals surface area contributed by atoms with Gasteiger partial charge in [0.05, 0.1) is 12.2 Å². The summed E-state index contributed by atoms with van der Waals surface area (Å²) in [5.74, 6) is -0.241. The number of aromatic nitrogens is 3. The fourth-order valence-corrected chi connectivity index (χ4v) is 2.53. The van der Waals surface area contributed by atoms with Gasteiger partial charge in [0.25, 0.3) is 0 Å². The third-order valence-electron chi connectivity index (χ3n) is 3.52. The summed E-state index contributed by atoms with van der Waals surface area (Å²) >= 11 is 0. The molecule has 0 spiro atoms. The number of rotatable bonds is 4. The van der Waals surface area contributed by atoms with Crippen LogP contribution >= 0.6 is 0 Å². The van der Waals surface area contributed by atoms with Crippen LogP contribution < -0.4 is 5.73 Å². The van der Waals surface area contributed by atoms with Crippen molar-refractivity contribution in [3.8, 4) is 0 Å². The van der Waals surface area contributed by atoms with Crippen molar-refractivity contribution < 1.29 is 9.13 Å². The van der Waals surface area contributed by atoms with Crippen molar-refractivity contribution in [3.05, 3.63) is 47.0 Å². The number of benzene rings is 1. The van der Waals surface area contributed by atoms with Gasteiger partial charge in [0, 0.05) is 13.2 Å². The summed E-state index contributed by atoms with van der Waals surface area (Å²) < 4.78 is 20.5.